The summed E-state index contributed by atoms with van der Waals surface area (Å²) in [5, 5.41) is 3.28. The molecule has 124 valence electrons. The molecule has 0 unspecified atom stereocenters. The molecule has 0 spiro atoms. The fraction of sp³-hybridized carbons (Fsp3) is 0.467. The number of nitrogens with two attached hydrogens (primary N) is 1. The molecule has 2 aromatic rings. The molecule has 2 heterocycles. The van der Waals surface area contributed by atoms with Gasteiger partial charge < -0.3 is 20.2 Å². The molecule has 1 saturated heterocycles. The number of fused-ring (bicyclic) bond motifs is 1. The second kappa shape index (κ2) is 6.49. The third-order valence-corrected chi connectivity index (χ3v) is 3.91. The fourth-order valence-electron chi connectivity index (χ4n) is 2.83. The maximum atomic E-state index is 12.2. The Bertz CT molecular complexity index is 696. The summed E-state index contributed by atoms with van der Waals surface area (Å²) in [7, 11) is 0. The molecule has 1 aliphatic rings. The minimum absolute atomic E-state index is 0.0355. The molecule has 23 heavy (non-hydrogen) atoms. The van der Waals surface area contributed by atoms with Crippen LogP contribution < -0.4 is 15.8 Å². The van der Waals surface area contributed by atoms with Gasteiger partial charge in [-0.1, -0.05) is 0 Å². The van der Waals surface area contributed by atoms with Gasteiger partial charge in [-0.3, -0.25) is 4.79 Å². The maximum absolute atomic E-state index is 12.2. The minimum Gasteiger partial charge on any atom is -0.439 e. The van der Waals surface area contributed by atoms with Crippen LogP contribution in [0, 0.1) is 5.92 Å². The van der Waals surface area contributed by atoms with E-state index in [1.165, 1.54) is 12.1 Å². The zero-order valence-electron chi connectivity index (χ0n) is 12.3. The Morgan fingerprint density at radius 3 is 2.96 bits per heavy atom. The third-order valence-electron chi connectivity index (χ3n) is 3.91. The number of primary amides is 1. The van der Waals surface area contributed by atoms with Crippen molar-refractivity contribution in [3.05, 3.63) is 24.1 Å². The van der Waals surface area contributed by atoms with Crippen molar-refractivity contribution in [2.45, 2.75) is 31.9 Å². The lowest BCUT2D eigenvalue weighted by atomic mass is 9.92. The number of rotatable bonds is 5. The van der Waals surface area contributed by atoms with E-state index in [2.05, 4.69) is 15.0 Å². The largest absolute Gasteiger partial charge is 0.439 e. The Labute approximate surface area is 131 Å². The summed E-state index contributed by atoms with van der Waals surface area (Å²) in [5.41, 5.74) is 6.19. The van der Waals surface area contributed by atoms with E-state index in [1.54, 1.807) is 6.07 Å². The number of benzene rings is 1. The summed E-state index contributed by atoms with van der Waals surface area (Å²) < 4.78 is 34.5. The molecule has 3 rings (SSSR count). The van der Waals surface area contributed by atoms with E-state index in [4.69, 9.17) is 10.2 Å². The minimum atomic E-state index is -2.88. The van der Waals surface area contributed by atoms with Gasteiger partial charge in [0.25, 0.3) is 0 Å². The van der Waals surface area contributed by atoms with Gasteiger partial charge in [0.2, 0.25) is 11.8 Å². The van der Waals surface area contributed by atoms with Crippen molar-refractivity contribution < 1.29 is 22.7 Å². The van der Waals surface area contributed by atoms with E-state index in [0.717, 1.165) is 12.8 Å². The number of nitrogens with zero attached hydrogens (tertiary/aromatic N) is 1. The fourth-order valence-corrected chi connectivity index (χ4v) is 2.83. The number of hydrogen-bond donors (Lipinski definition) is 2. The topological polar surface area (TPSA) is 90.4 Å². The zero-order valence-corrected chi connectivity index (χ0v) is 12.3. The molecule has 3 N–H and O–H groups in total. The zero-order chi connectivity index (χ0) is 16.4. The molecule has 6 nitrogen and oxygen atoms in total. The molecular formula is C15H17F2N3O3. The molecule has 8 heteroatoms. The normalized spacial score (nSPS) is 21.7. The van der Waals surface area contributed by atoms with Gasteiger partial charge in [0.15, 0.2) is 5.58 Å². The summed E-state index contributed by atoms with van der Waals surface area (Å²) >= 11 is 0. The van der Waals surface area contributed by atoms with Crippen LogP contribution in [0.5, 0.6) is 5.75 Å². The number of halogens is 2. The summed E-state index contributed by atoms with van der Waals surface area (Å²) in [4.78, 5) is 15.3. The van der Waals surface area contributed by atoms with Gasteiger partial charge in [-0.15, -0.1) is 0 Å². The summed E-state index contributed by atoms with van der Waals surface area (Å²) in [6, 6.07) is 4.35. The van der Waals surface area contributed by atoms with Crippen LogP contribution >= 0.6 is 0 Å². The van der Waals surface area contributed by atoms with Crippen LogP contribution in [-0.2, 0) is 4.79 Å². The van der Waals surface area contributed by atoms with Gasteiger partial charge in [-0.05, 0) is 37.4 Å². The predicted molar refractivity (Wildman–Crippen MR) is 77.9 cm³/mol. The van der Waals surface area contributed by atoms with Gasteiger partial charge in [-0.2, -0.15) is 8.78 Å². The van der Waals surface area contributed by atoms with Crippen LogP contribution in [-0.4, -0.2) is 24.0 Å². The number of hydrogen-bond acceptors (Lipinski definition) is 5. The Hall–Kier alpha value is -2.22. The van der Waals surface area contributed by atoms with E-state index in [-0.39, 0.29) is 23.6 Å². The molecule has 0 saturated carbocycles. The number of oxazole rings is 1. The molecule has 1 aromatic carbocycles. The standard InChI is InChI=1S/C15H17F2N3O3/c16-15(17)22-9-2-4-10-12(6-9)23-14(20-10)11-3-1-8(7-19-11)5-13(18)21/h2,4,6,8,11,15,19H,1,3,5,7H2,(H2,18,21)/t8-,11+/m0/s1. The molecule has 0 aliphatic carbocycles. The molecule has 0 bridgehead atoms. The van der Waals surface area contributed by atoms with Crippen LogP contribution in [0.15, 0.2) is 22.6 Å². The average molecular weight is 325 g/mol. The van der Waals surface area contributed by atoms with Crippen molar-refractivity contribution in [2.75, 3.05) is 6.54 Å². The molecular weight excluding hydrogens is 308 g/mol. The Morgan fingerprint density at radius 2 is 2.30 bits per heavy atom. The molecule has 1 fully saturated rings. The van der Waals surface area contributed by atoms with E-state index >= 15 is 0 Å². The highest BCUT2D eigenvalue weighted by Gasteiger charge is 2.26. The average Bonchev–Trinajstić information content (AvgIpc) is 2.90. The van der Waals surface area contributed by atoms with Gasteiger partial charge >= 0.3 is 6.61 Å². The van der Waals surface area contributed by atoms with E-state index in [0.29, 0.717) is 30.0 Å². The first kappa shape index (κ1) is 15.7. The number of piperidine rings is 1. The maximum Gasteiger partial charge on any atom is 0.387 e. The molecule has 1 amide bonds. The highest BCUT2D eigenvalue weighted by Crippen LogP contribution is 2.30. The second-order valence-corrected chi connectivity index (χ2v) is 5.63. The van der Waals surface area contributed by atoms with Crippen LogP contribution in [0.25, 0.3) is 11.1 Å². The first-order chi connectivity index (χ1) is 11.0. The van der Waals surface area contributed by atoms with Gasteiger partial charge in [-0.25, -0.2) is 4.98 Å². The van der Waals surface area contributed by atoms with Crippen molar-refractivity contribution in [1.29, 1.82) is 0 Å². The van der Waals surface area contributed by atoms with Crippen molar-refractivity contribution >= 4 is 17.0 Å². The van der Waals surface area contributed by atoms with Crippen LogP contribution in [0.1, 0.15) is 31.2 Å². The second-order valence-electron chi connectivity index (χ2n) is 5.63. The van der Waals surface area contributed by atoms with Gasteiger partial charge in [0.1, 0.15) is 11.3 Å². The number of alkyl halides is 2. The van der Waals surface area contributed by atoms with E-state index in [1.807, 2.05) is 0 Å². The number of aromatic nitrogens is 1. The van der Waals surface area contributed by atoms with Gasteiger partial charge in [0.05, 0.1) is 6.04 Å². The molecule has 1 aliphatic heterocycles. The van der Waals surface area contributed by atoms with E-state index < -0.39 is 6.61 Å². The third kappa shape index (κ3) is 3.76. The van der Waals surface area contributed by atoms with Crippen LogP contribution in [0.3, 0.4) is 0 Å². The molecule has 2 atom stereocenters. The quantitative estimate of drug-likeness (QED) is 0.880. The highest BCUT2D eigenvalue weighted by atomic mass is 19.3. The van der Waals surface area contributed by atoms with Gasteiger partial charge in [0, 0.05) is 12.5 Å². The van der Waals surface area contributed by atoms with E-state index in [9.17, 15) is 13.6 Å². The number of nitrogens with one attached hydrogen (secondary N) is 1. The summed E-state index contributed by atoms with van der Waals surface area (Å²) in [6.45, 7) is -2.22. The summed E-state index contributed by atoms with van der Waals surface area (Å²) in [5.74, 6) is 0.461. The summed E-state index contributed by atoms with van der Waals surface area (Å²) in [6.07, 6.45) is 1.98. The number of carbonyl (C=O) groups excluding carboxylic acids is 1. The van der Waals surface area contributed by atoms with Crippen LogP contribution in [0.2, 0.25) is 0 Å². The highest BCUT2D eigenvalue weighted by molar-refractivity contribution is 5.74. The van der Waals surface area contributed by atoms with Crippen molar-refractivity contribution in [2.24, 2.45) is 11.7 Å². The lowest BCUT2D eigenvalue weighted by molar-refractivity contribution is -0.119. The number of amides is 1. The van der Waals surface area contributed by atoms with Crippen molar-refractivity contribution in [3.8, 4) is 5.75 Å². The Morgan fingerprint density at radius 1 is 1.48 bits per heavy atom. The number of ether oxygens (including phenoxy) is 1. The monoisotopic (exact) mass is 325 g/mol. The Balaban J connectivity index is 1.70. The lowest BCUT2D eigenvalue weighted by Gasteiger charge is -2.27. The SMILES string of the molecule is NC(=O)C[C@@H]1CC[C@H](c2nc3ccc(OC(F)F)cc3o2)NC1. The van der Waals surface area contributed by atoms with Crippen LogP contribution in [0.4, 0.5) is 8.78 Å². The van der Waals surface area contributed by atoms with Crippen molar-refractivity contribution in [3.63, 3.8) is 0 Å². The lowest BCUT2D eigenvalue weighted by Crippen LogP contribution is -2.35. The smallest absolute Gasteiger partial charge is 0.387 e. The number of carbonyl (C=O) groups is 1. The van der Waals surface area contributed by atoms with Crippen molar-refractivity contribution in [1.82, 2.24) is 10.3 Å². The Kier molecular flexibility index (Phi) is 4.42. The first-order valence-corrected chi connectivity index (χ1v) is 7.38. The first-order valence-electron chi connectivity index (χ1n) is 7.38. The molecule has 1 aromatic heterocycles. The molecule has 0 radical (unpaired) electrons. The predicted octanol–water partition coefficient (Wildman–Crippen LogP) is 2.35.